The highest BCUT2D eigenvalue weighted by Gasteiger charge is 2.21. The standard InChI is InChI=1S/C20H21N5/c1-15(18-5-2-16(12-21)3-6-18)24-19-8-10-25(11-9-19)20-7-4-17(13-22)14-23-20/h2-7,14-15,19,24H,8-11H2,1H3/t15-/m1/s1. The Labute approximate surface area is 148 Å². The van der Waals surface area contributed by atoms with Crippen LogP contribution in [0.15, 0.2) is 42.6 Å². The van der Waals surface area contributed by atoms with Crippen LogP contribution >= 0.6 is 0 Å². The fraction of sp³-hybridized carbons (Fsp3) is 0.350. The normalized spacial score (nSPS) is 16.0. The Kier molecular flexibility index (Phi) is 5.28. The zero-order valence-electron chi connectivity index (χ0n) is 14.3. The van der Waals surface area contributed by atoms with E-state index < -0.39 is 0 Å². The van der Waals surface area contributed by atoms with Crippen LogP contribution in [0.5, 0.6) is 0 Å². The number of piperidine rings is 1. The van der Waals surface area contributed by atoms with E-state index in [0.29, 0.717) is 17.2 Å². The van der Waals surface area contributed by atoms with Crippen LogP contribution < -0.4 is 10.2 Å². The van der Waals surface area contributed by atoms with Crippen molar-refractivity contribution < 1.29 is 0 Å². The van der Waals surface area contributed by atoms with Crippen LogP contribution in [0, 0.1) is 22.7 Å². The van der Waals surface area contributed by atoms with Crippen LogP contribution in [0.3, 0.4) is 0 Å². The van der Waals surface area contributed by atoms with E-state index in [1.165, 1.54) is 5.56 Å². The molecule has 1 atom stereocenters. The van der Waals surface area contributed by atoms with Crippen LogP contribution in [0.1, 0.15) is 42.5 Å². The number of nitrogens with zero attached hydrogens (tertiary/aromatic N) is 4. The number of benzene rings is 1. The fourth-order valence-electron chi connectivity index (χ4n) is 3.21. The highest BCUT2D eigenvalue weighted by atomic mass is 15.2. The van der Waals surface area contributed by atoms with Crippen molar-refractivity contribution in [1.82, 2.24) is 10.3 Å². The molecule has 1 N–H and O–H groups in total. The van der Waals surface area contributed by atoms with Crippen LogP contribution in [0.4, 0.5) is 5.82 Å². The summed E-state index contributed by atoms with van der Waals surface area (Å²) in [6.45, 7) is 4.07. The lowest BCUT2D eigenvalue weighted by Gasteiger charge is -2.34. The van der Waals surface area contributed by atoms with Gasteiger partial charge in [-0.15, -0.1) is 0 Å². The summed E-state index contributed by atoms with van der Waals surface area (Å²) >= 11 is 0. The van der Waals surface area contributed by atoms with Gasteiger partial charge in [-0.25, -0.2) is 4.98 Å². The van der Waals surface area contributed by atoms with E-state index in [1.807, 2.05) is 36.4 Å². The van der Waals surface area contributed by atoms with Gasteiger partial charge in [-0.05, 0) is 49.6 Å². The summed E-state index contributed by atoms with van der Waals surface area (Å²) in [5, 5.41) is 21.4. The number of hydrogen-bond acceptors (Lipinski definition) is 5. The van der Waals surface area contributed by atoms with Gasteiger partial charge in [0, 0.05) is 31.4 Å². The van der Waals surface area contributed by atoms with E-state index in [4.69, 9.17) is 10.5 Å². The summed E-state index contributed by atoms with van der Waals surface area (Å²) in [5.41, 5.74) is 2.49. The molecule has 1 aromatic carbocycles. The zero-order chi connectivity index (χ0) is 17.6. The molecule has 5 nitrogen and oxygen atoms in total. The van der Waals surface area contributed by atoms with Crippen molar-refractivity contribution in [2.24, 2.45) is 0 Å². The molecule has 0 amide bonds. The molecule has 0 spiro atoms. The average molecular weight is 331 g/mol. The molecular weight excluding hydrogens is 310 g/mol. The second kappa shape index (κ2) is 7.79. The quantitative estimate of drug-likeness (QED) is 0.931. The molecule has 126 valence electrons. The molecule has 0 bridgehead atoms. The molecule has 0 saturated carbocycles. The van der Waals surface area contributed by atoms with E-state index in [-0.39, 0.29) is 6.04 Å². The predicted octanol–water partition coefficient (Wildman–Crippen LogP) is 3.14. The molecule has 0 radical (unpaired) electrons. The van der Waals surface area contributed by atoms with Crippen molar-refractivity contribution in [2.75, 3.05) is 18.0 Å². The second-order valence-electron chi connectivity index (χ2n) is 6.40. The number of pyridine rings is 1. The van der Waals surface area contributed by atoms with Crippen molar-refractivity contribution in [1.29, 1.82) is 10.5 Å². The van der Waals surface area contributed by atoms with Crippen molar-refractivity contribution >= 4 is 5.82 Å². The Morgan fingerprint density at radius 3 is 2.24 bits per heavy atom. The molecule has 2 heterocycles. The van der Waals surface area contributed by atoms with Gasteiger partial charge in [0.1, 0.15) is 11.9 Å². The third-order valence-corrected chi connectivity index (χ3v) is 4.72. The first-order valence-corrected chi connectivity index (χ1v) is 8.57. The number of rotatable bonds is 4. The van der Waals surface area contributed by atoms with Gasteiger partial charge in [-0.3, -0.25) is 0 Å². The highest BCUT2D eigenvalue weighted by Crippen LogP contribution is 2.21. The average Bonchev–Trinajstić information content (AvgIpc) is 2.68. The lowest BCUT2D eigenvalue weighted by Crippen LogP contribution is -2.43. The van der Waals surface area contributed by atoms with Gasteiger partial charge < -0.3 is 10.2 Å². The van der Waals surface area contributed by atoms with Gasteiger partial charge in [-0.2, -0.15) is 10.5 Å². The summed E-state index contributed by atoms with van der Waals surface area (Å²) in [5.74, 6) is 0.942. The zero-order valence-corrected chi connectivity index (χ0v) is 14.3. The minimum atomic E-state index is 0.261. The van der Waals surface area contributed by atoms with Crippen molar-refractivity contribution in [3.05, 3.63) is 59.3 Å². The largest absolute Gasteiger partial charge is 0.357 e. The van der Waals surface area contributed by atoms with Crippen molar-refractivity contribution in [2.45, 2.75) is 31.8 Å². The van der Waals surface area contributed by atoms with Crippen LogP contribution in [0.2, 0.25) is 0 Å². The molecule has 3 rings (SSSR count). The second-order valence-corrected chi connectivity index (χ2v) is 6.40. The van der Waals surface area contributed by atoms with Gasteiger partial charge in [-0.1, -0.05) is 12.1 Å². The summed E-state index contributed by atoms with van der Waals surface area (Å²) in [4.78, 5) is 6.65. The molecular formula is C20H21N5. The predicted molar refractivity (Wildman–Crippen MR) is 96.9 cm³/mol. The van der Waals surface area contributed by atoms with Gasteiger partial charge in [0.25, 0.3) is 0 Å². The summed E-state index contributed by atoms with van der Waals surface area (Å²) in [6, 6.07) is 16.5. The van der Waals surface area contributed by atoms with Crippen molar-refractivity contribution in [3.63, 3.8) is 0 Å². The van der Waals surface area contributed by atoms with E-state index in [9.17, 15) is 0 Å². The lowest BCUT2D eigenvalue weighted by molar-refractivity contribution is 0.380. The molecule has 2 aromatic rings. The van der Waals surface area contributed by atoms with Gasteiger partial charge in [0.2, 0.25) is 0 Å². The first-order valence-electron chi connectivity index (χ1n) is 8.57. The monoisotopic (exact) mass is 331 g/mol. The summed E-state index contributed by atoms with van der Waals surface area (Å²) in [6.07, 6.45) is 3.75. The Bertz CT molecular complexity index is 775. The molecule has 25 heavy (non-hydrogen) atoms. The third-order valence-electron chi connectivity index (χ3n) is 4.72. The van der Waals surface area contributed by atoms with E-state index in [0.717, 1.165) is 31.7 Å². The van der Waals surface area contributed by atoms with Crippen molar-refractivity contribution in [3.8, 4) is 12.1 Å². The smallest absolute Gasteiger partial charge is 0.128 e. The molecule has 0 aliphatic carbocycles. The molecule has 1 fully saturated rings. The van der Waals surface area contributed by atoms with Crippen LogP contribution in [0.25, 0.3) is 0 Å². The Hall–Kier alpha value is -2.89. The molecule has 1 saturated heterocycles. The third kappa shape index (κ3) is 4.15. The summed E-state index contributed by atoms with van der Waals surface area (Å²) < 4.78 is 0. The number of hydrogen-bond donors (Lipinski definition) is 1. The fourth-order valence-corrected chi connectivity index (χ4v) is 3.21. The molecule has 5 heteroatoms. The number of anilines is 1. The van der Waals surface area contributed by atoms with E-state index in [1.54, 1.807) is 6.20 Å². The Balaban J connectivity index is 1.53. The van der Waals surface area contributed by atoms with Gasteiger partial charge >= 0.3 is 0 Å². The van der Waals surface area contributed by atoms with Gasteiger partial charge in [0.05, 0.1) is 17.2 Å². The number of nitrogens with one attached hydrogen (secondary N) is 1. The maximum Gasteiger partial charge on any atom is 0.128 e. The maximum absolute atomic E-state index is 8.88. The molecule has 1 aliphatic rings. The lowest BCUT2D eigenvalue weighted by atomic mass is 10.0. The van der Waals surface area contributed by atoms with Crippen LogP contribution in [-0.2, 0) is 0 Å². The first-order chi connectivity index (χ1) is 12.2. The number of nitriles is 2. The number of aromatic nitrogens is 1. The molecule has 1 aliphatic heterocycles. The highest BCUT2D eigenvalue weighted by molar-refractivity contribution is 5.42. The van der Waals surface area contributed by atoms with E-state index in [2.05, 4.69) is 34.3 Å². The van der Waals surface area contributed by atoms with Gasteiger partial charge in [0.15, 0.2) is 0 Å². The maximum atomic E-state index is 8.88. The topological polar surface area (TPSA) is 75.7 Å². The van der Waals surface area contributed by atoms with Crippen LogP contribution in [-0.4, -0.2) is 24.1 Å². The summed E-state index contributed by atoms with van der Waals surface area (Å²) in [7, 11) is 0. The minimum Gasteiger partial charge on any atom is -0.357 e. The Morgan fingerprint density at radius 1 is 1.04 bits per heavy atom. The SMILES string of the molecule is C[C@@H](NC1CCN(c2ccc(C#N)cn2)CC1)c1ccc(C#N)cc1. The van der Waals surface area contributed by atoms with E-state index >= 15 is 0 Å². The Morgan fingerprint density at radius 2 is 1.68 bits per heavy atom. The molecule has 1 aromatic heterocycles. The minimum absolute atomic E-state index is 0.261. The molecule has 0 unspecified atom stereocenters. The first kappa shape index (κ1) is 17.0.